The van der Waals surface area contributed by atoms with E-state index in [-0.39, 0.29) is 35.0 Å². The highest BCUT2D eigenvalue weighted by molar-refractivity contribution is 5.72. The van der Waals surface area contributed by atoms with Gasteiger partial charge < -0.3 is 9.47 Å². The molecule has 0 aliphatic carbocycles. The van der Waals surface area contributed by atoms with Gasteiger partial charge in [0.25, 0.3) is 0 Å². The van der Waals surface area contributed by atoms with Gasteiger partial charge in [-0.1, -0.05) is 73.3 Å². The molecule has 0 bridgehead atoms. The van der Waals surface area contributed by atoms with E-state index < -0.39 is 23.3 Å². The highest BCUT2D eigenvalue weighted by atomic mass is 19.2. The van der Waals surface area contributed by atoms with Crippen LogP contribution in [0.1, 0.15) is 22.8 Å². The minimum atomic E-state index is -0.966. The molecule has 1 atom stereocenters. The van der Waals surface area contributed by atoms with E-state index in [1.807, 2.05) is 0 Å². The first-order chi connectivity index (χ1) is 17.0. The fourth-order valence-corrected chi connectivity index (χ4v) is 3.88. The number of ether oxygens (including phenoxy) is 2. The van der Waals surface area contributed by atoms with Crippen molar-refractivity contribution >= 4 is 6.08 Å². The lowest BCUT2D eigenvalue weighted by molar-refractivity contribution is 0.296. The van der Waals surface area contributed by atoms with Gasteiger partial charge in [-0.15, -0.1) is 0 Å². The summed E-state index contributed by atoms with van der Waals surface area (Å²) in [5, 5.41) is 0. The molecule has 35 heavy (non-hydrogen) atoms. The average Bonchev–Trinajstić information content (AvgIpc) is 3.72. The summed E-state index contributed by atoms with van der Waals surface area (Å²) in [6.07, 6.45) is 1.29. The van der Waals surface area contributed by atoms with Gasteiger partial charge in [0.15, 0.2) is 23.3 Å². The summed E-state index contributed by atoms with van der Waals surface area (Å²) in [4.78, 5) is 0. The molecule has 1 saturated heterocycles. The molecule has 5 rings (SSSR count). The van der Waals surface area contributed by atoms with E-state index in [1.54, 1.807) is 54.6 Å². The normalized spacial score (nSPS) is 14.6. The molecule has 1 aliphatic rings. The van der Waals surface area contributed by atoms with Crippen molar-refractivity contribution < 1.29 is 27.0 Å². The van der Waals surface area contributed by atoms with E-state index in [0.29, 0.717) is 23.5 Å². The third-order valence-corrected chi connectivity index (χ3v) is 5.97. The lowest BCUT2D eigenvalue weighted by atomic mass is 9.98. The lowest BCUT2D eigenvalue weighted by Gasteiger charge is -2.11. The Kier molecular flexibility index (Phi) is 6.14. The quantitative estimate of drug-likeness (QED) is 0.200. The van der Waals surface area contributed by atoms with Gasteiger partial charge in [-0.25, -0.2) is 17.6 Å². The Hall–Kier alpha value is -3.90. The largest absolute Gasteiger partial charge is 0.489 e. The fraction of sp³-hybridized carbons (Fsp3) is 0.103. The van der Waals surface area contributed by atoms with Crippen LogP contribution in [0.2, 0.25) is 0 Å². The monoisotopic (exact) mass is 476 g/mol. The third kappa shape index (κ3) is 4.57. The van der Waals surface area contributed by atoms with E-state index >= 15 is 0 Å². The zero-order chi connectivity index (χ0) is 24.5. The smallest absolute Gasteiger partial charge is 0.167 e. The molecule has 176 valence electrons. The highest BCUT2D eigenvalue weighted by Gasteiger charge is 2.30. The Morgan fingerprint density at radius 3 is 1.86 bits per heavy atom. The van der Waals surface area contributed by atoms with Crippen molar-refractivity contribution in [3.63, 3.8) is 0 Å². The molecule has 4 aromatic carbocycles. The minimum Gasteiger partial charge on any atom is -0.489 e. The van der Waals surface area contributed by atoms with Gasteiger partial charge in [0, 0.05) is 22.3 Å². The molecule has 4 aromatic rings. The van der Waals surface area contributed by atoms with Crippen LogP contribution in [-0.2, 0) is 11.3 Å². The van der Waals surface area contributed by atoms with Crippen LogP contribution in [0.5, 0.6) is 5.75 Å². The molecule has 0 saturated carbocycles. The van der Waals surface area contributed by atoms with Gasteiger partial charge in [0.05, 0.1) is 6.61 Å². The lowest BCUT2D eigenvalue weighted by Crippen LogP contribution is -2.03. The van der Waals surface area contributed by atoms with Crippen LogP contribution in [0.4, 0.5) is 17.6 Å². The zero-order valence-electron chi connectivity index (χ0n) is 18.5. The Balaban J connectivity index is 1.32. The Bertz CT molecular complexity index is 1390. The molecular weight excluding hydrogens is 456 g/mol. The first-order valence-corrected chi connectivity index (χ1v) is 11.0. The summed E-state index contributed by atoms with van der Waals surface area (Å²) in [5.41, 5.74) is 2.43. The maximum absolute atomic E-state index is 14.9. The molecule has 1 heterocycles. The molecule has 6 heteroatoms. The van der Waals surface area contributed by atoms with E-state index in [0.717, 1.165) is 5.56 Å². The summed E-state index contributed by atoms with van der Waals surface area (Å²) in [5.74, 6) is -3.41. The molecule has 0 amide bonds. The molecular formula is C29H20F4O2. The summed E-state index contributed by atoms with van der Waals surface area (Å²) in [7, 11) is 0. The molecule has 0 aromatic heterocycles. The first-order valence-electron chi connectivity index (χ1n) is 11.0. The number of hydrogen-bond donors (Lipinski definition) is 0. The van der Waals surface area contributed by atoms with Crippen molar-refractivity contribution in [2.24, 2.45) is 0 Å². The molecule has 1 unspecified atom stereocenters. The van der Waals surface area contributed by atoms with Gasteiger partial charge in [-0.05, 0) is 28.8 Å². The predicted octanol–water partition coefficient (Wildman–Crippen LogP) is 7.87. The summed E-state index contributed by atoms with van der Waals surface area (Å²) >= 11 is 0. The third-order valence-electron chi connectivity index (χ3n) is 5.97. The Morgan fingerprint density at radius 1 is 0.743 bits per heavy atom. The summed E-state index contributed by atoms with van der Waals surface area (Å²) in [6, 6.07) is 19.3. The number of epoxide rings is 1. The second-order valence-electron chi connectivity index (χ2n) is 8.19. The van der Waals surface area contributed by atoms with Crippen molar-refractivity contribution in [3.05, 3.63) is 119 Å². The van der Waals surface area contributed by atoms with E-state index in [1.165, 1.54) is 24.3 Å². The summed E-state index contributed by atoms with van der Waals surface area (Å²) in [6.45, 7) is 3.88. The van der Waals surface area contributed by atoms with Gasteiger partial charge in [-0.3, -0.25) is 0 Å². The predicted molar refractivity (Wildman–Crippen MR) is 127 cm³/mol. The number of rotatable bonds is 7. The van der Waals surface area contributed by atoms with Crippen LogP contribution in [0.3, 0.4) is 0 Å². The molecule has 0 radical (unpaired) electrons. The Morgan fingerprint density at radius 2 is 1.31 bits per heavy atom. The highest BCUT2D eigenvalue weighted by Crippen LogP contribution is 2.34. The maximum atomic E-state index is 14.9. The average molecular weight is 476 g/mol. The number of halogens is 4. The SMILES string of the molecule is C=Cc1ccc(-c2ccc(-c3ccc(OCc4ccc(C5CO5)c(F)c4F)cc3)c(F)c2F)cc1. The summed E-state index contributed by atoms with van der Waals surface area (Å²) < 4.78 is 68.9. The van der Waals surface area contributed by atoms with Gasteiger partial charge in [0.1, 0.15) is 18.5 Å². The van der Waals surface area contributed by atoms with Crippen molar-refractivity contribution in [3.8, 4) is 28.0 Å². The number of hydrogen-bond acceptors (Lipinski definition) is 2. The van der Waals surface area contributed by atoms with Crippen LogP contribution in [-0.4, -0.2) is 6.61 Å². The van der Waals surface area contributed by atoms with Crippen LogP contribution >= 0.6 is 0 Å². The fourth-order valence-electron chi connectivity index (χ4n) is 3.88. The Labute approximate surface area is 200 Å². The number of benzene rings is 4. The molecule has 1 fully saturated rings. The molecule has 0 spiro atoms. The van der Waals surface area contributed by atoms with Crippen LogP contribution in [0.25, 0.3) is 28.3 Å². The zero-order valence-corrected chi connectivity index (χ0v) is 18.5. The van der Waals surface area contributed by atoms with E-state index in [2.05, 4.69) is 6.58 Å². The van der Waals surface area contributed by atoms with Gasteiger partial charge in [0.2, 0.25) is 0 Å². The van der Waals surface area contributed by atoms with Crippen molar-refractivity contribution in [1.82, 2.24) is 0 Å². The molecule has 2 nitrogen and oxygen atoms in total. The van der Waals surface area contributed by atoms with Crippen LogP contribution < -0.4 is 4.74 Å². The van der Waals surface area contributed by atoms with Crippen molar-refractivity contribution in [2.75, 3.05) is 6.61 Å². The van der Waals surface area contributed by atoms with Crippen molar-refractivity contribution in [2.45, 2.75) is 12.7 Å². The second kappa shape index (κ2) is 9.39. The van der Waals surface area contributed by atoms with Gasteiger partial charge in [-0.2, -0.15) is 0 Å². The minimum absolute atomic E-state index is 0.0702. The van der Waals surface area contributed by atoms with E-state index in [9.17, 15) is 17.6 Å². The first kappa shape index (κ1) is 22.9. The van der Waals surface area contributed by atoms with E-state index in [4.69, 9.17) is 9.47 Å². The second-order valence-corrected chi connectivity index (χ2v) is 8.19. The van der Waals surface area contributed by atoms with Crippen LogP contribution in [0.15, 0.2) is 79.4 Å². The standard InChI is InChI=1S/C29H20F4O2/c1-2-17-3-5-18(6-4-17)22-13-14-23(28(32)27(22)31)19-7-10-21(11-8-19)34-15-20-9-12-24(25-16-35-25)29(33)26(20)30/h2-14,25H,1,15-16H2. The van der Waals surface area contributed by atoms with Crippen LogP contribution in [0, 0.1) is 23.3 Å². The topological polar surface area (TPSA) is 21.8 Å². The maximum Gasteiger partial charge on any atom is 0.167 e. The molecule has 1 aliphatic heterocycles. The van der Waals surface area contributed by atoms with Crippen molar-refractivity contribution in [1.29, 1.82) is 0 Å². The molecule has 0 N–H and O–H groups in total. The van der Waals surface area contributed by atoms with Gasteiger partial charge >= 0.3 is 0 Å².